The molecule has 0 atom stereocenters. The monoisotopic (exact) mass is 128 g/mol. The summed E-state index contributed by atoms with van der Waals surface area (Å²) in [7, 11) is 4.13. The Bertz CT molecular complexity index is 69.3. The van der Waals surface area contributed by atoms with E-state index in [-0.39, 0.29) is 0 Å². The topological polar surface area (TPSA) is 15.3 Å². The smallest absolute Gasteiger partial charge is 0.0132 e. The molecule has 2 nitrogen and oxygen atoms in total. The highest BCUT2D eigenvalue weighted by atomic mass is 15.1. The lowest BCUT2D eigenvalue weighted by Gasteiger charge is -2.08. The van der Waals surface area contributed by atoms with Gasteiger partial charge < -0.3 is 10.2 Å². The third-order valence-electron chi connectivity index (χ3n) is 1.02. The molecule has 0 aliphatic carbocycles. The SMILES string of the molecule is C=CCNCCN(C)C. The molecule has 0 unspecified atom stereocenters. The first-order valence-corrected chi connectivity index (χ1v) is 3.23. The van der Waals surface area contributed by atoms with E-state index in [4.69, 9.17) is 0 Å². The summed E-state index contributed by atoms with van der Waals surface area (Å²) in [5, 5.41) is 3.21. The van der Waals surface area contributed by atoms with Gasteiger partial charge in [-0.1, -0.05) is 6.08 Å². The Balaban J connectivity index is 2.82. The molecule has 0 bridgehead atoms. The largest absolute Gasteiger partial charge is 0.312 e. The zero-order valence-corrected chi connectivity index (χ0v) is 6.35. The van der Waals surface area contributed by atoms with Crippen LogP contribution in [0.5, 0.6) is 0 Å². The molecule has 0 amide bonds. The molecule has 0 heterocycles. The van der Waals surface area contributed by atoms with E-state index < -0.39 is 0 Å². The van der Waals surface area contributed by atoms with Crippen molar-refractivity contribution >= 4 is 0 Å². The molecule has 2 heteroatoms. The summed E-state index contributed by atoms with van der Waals surface area (Å²) < 4.78 is 0. The van der Waals surface area contributed by atoms with E-state index in [9.17, 15) is 0 Å². The van der Waals surface area contributed by atoms with Crippen LogP contribution in [0.4, 0.5) is 0 Å². The fourth-order valence-corrected chi connectivity index (χ4v) is 0.507. The van der Waals surface area contributed by atoms with Crippen molar-refractivity contribution in [3.8, 4) is 0 Å². The van der Waals surface area contributed by atoms with Gasteiger partial charge >= 0.3 is 0 Å². The van der Waals surface area contributed by atoms with Crippen LogP contribution in [-0.4, -0.2) is 38.6 Å². The van der Waals surface area contributed by atoms with Crippen LogP contribution in [0.25, 0.3) is 0 Å². The van der Waals surface area contributed by atoms with Crippen LogP contribution in [-0.2, 0) is 0 Å². The second kappa shape index (κ2) is 5.79. The van der Waals surface area contributed by atoms with E-state index in [0.29, 0.717) is 0 Å². The highest BCUT2D eigenvalue weighted by Gasteiger charge is 1.85. The molecule has 0 aromatic carbocycles. The zero-order chi connectivity index (χ0) is 7.11. The number of rotatable bonds is 5. The van der Waals surface area contributed by atoms with Crippen LogP contribution in [0, 0.1) is 0 Å². The Morgan fingerprint density at radius 2 is 2.22 bits per heavy atom. The standard InChI is InChI=1S/C7H16N2/c1-4-5-8-6-7-9(2)3/h4,8H,1,5-7H2,2-3H3. The lowest BCUT2D eigenvalue weighted by atomic mass is 10.5. The molecule has 0 rings (SSSR count). The van der Waals surface area contributed by atoms with Gasteiger partial charge in [-0.3, -0.25) is 0 Å². The lowest BCUT2D eigenvalue weighted by molar-refractivity contribution is 0.404. The molecule has 0 fully saturated rings. The average Bonchev–Trinajstić information content (AvgIpc) is 1.80. The summed E-state index contributed by atoms with van der Waals surface area (Å²) in [4.78, 5) is 2.15. The van der Waals surface area contributed by atoms with Crippen LogP contribution in [0.15, 0.2) is 12.7 Å². The number of likely N-dealkylation sites (N-methyl/N-ethyl adjacent to an activating group) is 1. The lowest BCUT2D eigenvalue weighted by Crippen LogP contribution is -2.26. The van der Waals surface area contributed by atoms with Crippen molar-refractivity contribution in [2.45, 2.75) is 0 Å². The fraction of sp³-hybridized carbons (Fsp3) is 0.714. The van der Waals surface area contributed by atoms with Gasteiger partial charge in [-0.2, -0.15) is 0 Å². The van der Waals surface area contributed by atoms with E-state index >= 15 is 0 Å². The Morgan fingerprint density at radius 1 is 1.56 bits per heavy atom. The van der Waals surface area contributed by atoms with Crippen LogP contribution >= 0.6 is 0 Å². The summed E-state index contributed by atoms with van der Waals surface area (Å²) in [6, 6.07) is 0. The first-order chi connectivity index (χ1) is 4.27. The third-order valence-corrected chi connectivity index (χ3v) is 1.02. The Kier molecular flexibility index (Phi) is 5.57. The minimum Gasteiger partial charge on any atom is -0.312 e. The zero-order valence-electron chi connectivity index (χ0n) is 6.35. The number of hydrogen-bond acceptors (Lipinski definition) is 2. The summed E-state index contributed by atoms with van der Waals surface area (Å²) in [5.74, 6) is 0. The maximum Gasteiger partial charge on any atom is 0.0132 e. The fourth-order valence-electron chi connectivity index (χ4n) is 0.507. The van der Waals surface area contributed by atoms with Crippen molar-refractivity contribution in [3.05, 3.63) is 12.7 Å². The quantitative estimate of drug-likeness (QED) is 0.424. The molecule has 0 radical (unpaired) electrons. The molecule has 0 saturated carbocycles. The molecular formula is C7H16N2. The van der Waals surface area contributed by atoms with E-state index in [2.05, 4.69) is 30.9 Å². The summed E-state index contributed by atoms with van der Waals surface area (Å²) in [5.41, 5.74) is 0. The summed E-state index contributed by atoms with van der Waals surface area (Å²) >= 11 is 0. The maximum absolute atomic E-state index is 3.60. The molecule has 0 aromatic rings. The van der Waals surface area contributed by atoms with Gasteiger partial charge in [-0.15, -0.1) is 6.58 Å². The molecule has 0 aliphatic rings. The molecule has 0 aromatic heterocycles. The second-order valence-electron chi connectivity index (χ2n) is 2.30. The molecule has 0 spiro atoms. The van der Waals surface area contributed by atoms with Gasteiger partial charge in [0.2, 0.25) is 0 Å². The third kappa shape index (κ3) is 7.66. The Hall–Kier alpha value is -0.340. The predicted octanol–water partition coefficient (Wildman–Crippen LogP) is 0.324. The van der Waals surface area contributed by atoms with E-state index in [1.54, 1.807) is 0 Å². The normalized spacial score (nSPS) is 10.1. The molecule has 1 N–H and O–H groups in total. The van der Waals surface area contributed by atoms with Gasteiger partial charge in [0.25, 0.3) is 0 Å². The molecule has 9 heavy (non-hydrogen) atoms. The van der Waals surface area contributed by atoms with Crippen molar-refractivity contribution < 1.29 is 0 Å². The Labute approximate surface area is 57.5 Å². The van der Waals surface area contributed by atoms with E-state index in [1.807, 2.05) is 6.08 Å². The van der Waals surface area contributed by atoms with Crippen LogP contribution < -0.4 is 5.32 Å². The minimum atomic E-state index is 0.911. The highest BCUT2D eigenvalue weighted by molar-refractivity contribution is 4.69. The summed E-state index contributed by atoms with van der Waals surface area (Å²) in [6.45, 7) is 6.64. The number of hydrogen-bond donors (Lipinski definition) is 1. The second-order valence-corrected chi connectivity index (χ2v) is 2.30. The van der Waals surface area contributed by atoms with Gasteiger partial charge in [0.1, 0.15) is 0 Å². The van der Waals surface area contributed by atoms with Crippen molar-refractivity contribution in [2.75, 3.05) is 33.7 Å². The van der Waals surface area contributed by atoms with E-state index in [0.717, 1.165) is 19.6 Å². The molecular weight excluding hydrogens is 112 g/mol. The van der Waals surface area contributed by atoms with Crippen LogP contribution in [0.3, 0.4) is 0 Å². The average molecular weight is 128 g/mol. The van der Waals surface area contributed by atoms with Crippen molar-refractivity contribution in [1.82, 2.24) is 10.2 Å². The first kappa shape index (κ1) is 8.66. The van der Waals surface area contributed by atoms with Gasteiger partial charge in [-0.05, 0) is 14.1 Å². The summed E-state index contributed by atoms with van der Waals surface area (Å²) in [6.07, 6.45) is 1.87. The van der Waals surface area contributed by atoms with Gasteiger partial charge in [0, 0.05) is 19.6 Å². The number of nitrogens with zero attached hydrogens (tertiary/aromatic N) is 1. The predicted molar refractivity (Wildman–Crippen MR) is 41.6 cm³/mol. The molecule has 54 valence electrons. The van der Waals surface area contributed by atoms with Crippen molar-refractivity contribution in [1.29, 1.82) is 0 Å². The maximum atomic E-state index is 3.60. The Morgan fingerprint density at radius 3 is 2.67 bits per heavy atom. The van der Waals surface area contributed by atoms with Crippen LogP contribution in [0.1, 0.15) is 0 Å². The first-order valence-electron chi connectivity index (χ1n) is 3.23. The van der Waals surface area contributed by atoms with Gasteiger partial charge in [0.15, 0.2) is 0 Å². The highest BCUT2D eigenvalue weighted by Crippen LogP contribution is 1.69. The van der Waals surface area contributed by atoms with E-state index in [1.165, 1.54) is 0 Å². The minimum absolute atomic E-state index is 0.911. The molecule has 0 saturated heterocycles. The van der Waals surface area contributed by atoms with Crippen LogP contribution in [0.2, 0.25) is 0 Å². The molecule has 0 aliphatic heterocycles. The van der Waals surface area contributed by atoms with Crippen molar-refractivity contribution in [3.63, 3.8) is 0 Å². The number of nitrogens with one attached hydrogen (secondary N) is 1. The van der Waals surface area contributed by atoms with Gasteiger partial charge in [-0.25, -0.2) is 0 Å². The van der Waals surface area contributed by atoms with Gasteiger partial charge in [0.05, 0.1) is 0 Å². The van der Waals surface area contributed by atoms with Crippen molar-refractivity contribution in [2.24, 2.45) is 0 Å².